The number of nitrogens with zero attached hydrogens (tertiary/aromatic N) is 1. The van der Waals surface area contributed by atoms with Crippen molar-refractivity contribution in [3.63, 3.8) is 0 Å². The Morgan fingerprint density at radius 2 is 1.70 bits per heavy atom. The summed E-state index contributed by atoms with van der Waals surface area (Å²) < 4.78 is 0. The van der Waals surface area contributed by atoms with Gasteiger partial charge in [-0.2, -0.15) is 0 Å². The van der Waals surface area contributed by atoms with Gasteiger partial charge in [-0.15, -0.1) is 36.6 Å². The van der Waals surface area contributed by atoms with Crippen LogP contribution in [0.5, 0.6) is 0 Å². The van der Waals surface area contributed by atoms with E-state index in [1.165, 1.54) is 36.4 Å². The number of halogens is 2. The van der Waals surface area contributed by atoms with Gasteiger partial charge in [0.25, 0.3) is 0 Å². The molecule has 1 aliphatic carbocycles. The Balaban J connectivity index is 0.000001000. The molecule has 114 valence electrons. The molecular formula is C15H24Cl2N2S. The summed E-state index contributed by atoms with van der Waals surface area (Å²) in [5, 5.41) is 3.45. The average Bonchev–Trinajstić information content (AvgIpc) is 3.26. The van der Waals surface area contributed by atoms with Crippen molar-refractivity contribution in [1.29, 1.82) is 0 Å². The summed E-state index contributed by atoms with van der Waals surface area (Å²) in [4.78, 5) is 4.05. The Labute approximate surface area is 138 Å². The summed E-state index contributed by atoms with van der Waals surface area (Å²) in [6.07, 6.45) is 4.97. The van der Waals surface area contributed by atoms with E-state index in [4.69, 9.17) is 0 Å². The van der Waals surface area contributed by atoms with Crippen molar-refractivity contribution in [3.05, 3.63) is 29.8 Å². The second-order valence-electron chi connectivity index (χ2n) is 5.34. The molecule has 1 aliphatic heterocycles. The predicted molar refractivity (Wildman–Crippen MR) is 92.6 cm³/mol. The second kappa shape index (κ2) is 8.50. The van der Waals surface area contributed by atoms with Crippen molar-refractivity contribution in [3.8, 4) is 0 Å². The number of rotatable bonds is 4. The van der Waals surface area contributed by atoms with Crippen molar-refractivity contribution in [2.24, 2.45) is 5.92 Å². The minimum absolute atomic E-state index is 0. The monoisotopic (exact) mass is 334 g/mol. The minimum atomic E-state index is 0. The molecule has 0 radical (unpaired) electrons. The SMILES string of the molecule is CSc1ccc([C@@H](C2CC2)N2CCNCC2)cc1.Cl.Cl. The number of piperazine rings is 1. The van der Waals surface area contributed by atoms with Gasteiger partial charge in [0, 0.05) is 37.1 Å². The Bertz CT molecular complexity index is 389. The molecule has 0 spiro atoms. The third-order valence-electron chi connectivity index (χ3n) is 4.07. The Morgan fingerprint density at radius 1 is 1.10 bits per heavy atom. The fourth-order valence-electron chi connectivity index (χ4n) is 2.95. The van der Waals surface area contributed by atoms with Crippen LogP contribution < -0.4 is 5.32 Å². The molecule has 1 aromatic rings. The molecule has 0 unspecified atom stereocenters. The van der Waals surface area contributed by atoms with E-state index in [-0.39, 0.29) is 24.8 Å². The van der Waals surface area contributed by atoms with Gasteiger partial charge in [-0.05, 0) is 42.7 Å². The summed E-state index contributed by atoms with van der Waals surface area (Å²) in [7, 11) is 0. The highest BCUT2D eigenvalue weighted by Gasteiger charge is 2.36. The molecule has 2 nitrogen and oxygen atoms in total. The minimum Gasteiger partial charge on any atom is -0.314 e. The molecule has 0 bridgehead atoms. The summed E-state index contributed by atoms with van der Waals surface area (Å²) in [5.41, 5.74) is 1.53. The first-order chi connectivity index (χ1) is 8.88. The lowest BCUT2D eigenvalue weighted by Gasteiger charge is -2.35. The predicted octanol–water partition coefficient (Wildman–Crippen LogP) is 3.61. The second-order valence-corrected chi connectivity index (χ2v) is 6.22. The summed E-state index contributed by atoms with van der Waals surface area (Å²) >= 11 is 1.83. The van der Waals surface area contributed by atoms with Crippen LogP contribution in [0.2, 0.25) is 0 Å². The van der Waals surface area contributed by atoms with Crippen LogP contribution in [0, 0.1) is 5.92 Å². The standard InChI is InChI=1S/C15H22N2S.2ClH/c1-18-14-6-4-13(5-7-14)15(12-2-3-12)17-10-8-16-9-11-17;;/h4-7,12,15-16H,2-3,8-11H2,1H3;2*1H/t15-;;/m1../s1. The van der Waals surface area contributed by atoms with Gasteiger partial charge in [0.1, 0.15) is 0 Å². The largest absolute Gasteiger partial charge is 0.314 e. The van der Waals surface area contributed by atoms with Gasteiger partial charge < -0.3 is 5.32 Å². The van der Waals surface area contributed by atoms with E-state index in [1.807, 2.05) is 11.8 Å². The summed E-state index contributed by atoms with van der Waals surface area (Å²) in [5.74, 6) is 0.906. The number of thioether (sulfide) groups is 1. The highest BCUT2D eigenvalue weighted by atomic mass is 35.5. The maximum absolute atomic E-state index is 3.45. The van der Waals surface area contributed by atoms with Crippen LogP contribution in [0.4, 0.5) is 0 Å². The molecule has 2 aliphatic rings. The zero-order valence-electron chi connectivity index (χ0n) is 11.9. The first-order valence-corrected chi connectivity index (χ1v) is 8.19. The molecule has 1 saturated heterocycles. The Morgan fingerprint density at radius 3 is 2.20 bits per heavy atom. The van der Waals surface area contributed by atoms with Gasteiger partial charge >= 0.3 is 0 Å². The number of hydrogen-bond acceptors (Lipinski definition) is 3. The summed E-state index contributed by atoms with van der Waals surface area (Å²) in [6, 6.07) is 9.91. The third kappa shape index (κ3) is 4.28. The Hall–Kier alpha value is 0.0700. The van der Waals surface area contributed by atoms with Crippen LogP contribution in [0.1, 0.15) is 24.4 Å². The van der Waals surface area contributed by atoms with Gasteiger partial charge in [0.15, 0.2) is 0 Å². The lowest BCUT2D eigenvalue weighted by Crippen LogP contribution is -2.45. The summed E-state index contributed by atoms with van der Waals surface area (Å²) in [6.45, 7) is 4.69. The first-order valence-electron chi connectivity index (χ1n) is 6.97. The third-order valence-corrected chi connectivity index (χ3v) is 4.81. The molecule has 1 saturated carbocycles. The molecule has 5 heteroatoms. The van der Waals surface area contributed by atoms with Gasteiger partial charge in [0.05, 0.1) is 0 Å². The molecule has 20 heavy (non-hydrogen) atoms. The van der Waals surface area contributed by atoms with E-state index in [1.54, 1.807) is 0 Å². The maximum Gasteiger partial charge on any atom is 0.0377 e. The van der Waals surface area contributed by atoms with Crippen molar-refractivity contribution in [2.75, 3.05) is 32.4 Å². The van der Waals surface area contributed by atoms with E-state index >= 15 is 0 Å². The smallest absolute Gasteiger partial charge is 0.0377 e. The number of benzene rings is 1. The molecule has 1 heterocycles. The van der Waals surface area contributed by atoms with Crippen molar-refractivity contribution >= 4 is 36.6 Å². The van der Waals surface area contributed by atoms with Crippen LogP contribution in [0.25, 0.3) is 0 Å². The number of hydrogen-bond donors (Lipinski definition) is 1. The van der Waals surface area contributed by atoms with Gasteiger partial charge in [-0.25, -0.2) is 0 Å². The van der Waals surface area contributed by atoms with Crippen LogP contribution in [0.15, 0.2) is 29.2 Å². The number of nitrogens with one attached hydrogen (secondary N) is 1. The van der Waals surface area contributed by atoms with E-state index in [9.17, 15) is 0 Å². The molecule has 1 aromatic carbocycles. The highest BCUT2D eigenvalue weighted by molar-refractivity contribution is 7.98. The quantitative estimate of drug-likeness (QED) is 0.847. The van der Waals surface area contributed by atoms with Crippen LogP contribution in [0.3, 0.4) is 0 Å². The first kappa shape index (κ1) is 18.1. The molecule has 1 atom stereocenters. The average molecular weight is 335 g/mol. The molecule has 3 rings (SSSR count). The fraction of sp³-hybridized carbons (Fsp3) is 0.600. The Kier molecular flexibility index (Phi) is 7.70. The van der Waals surface area contributed by atoms with E-state index in [2.05, 4.69) is 40.7 Å². The molecule has 1 N–H and O–H groups in total. The van der Waals surface area contributed by atoms with E-state index < -0.39 is 0 Å². The topological polar surface area (TPSA) is 15.3 Å². The zero-order valence-corrected chi connectivity index (χ0v) is 14.3. The van der Waals surface area contributed by atoms with Crippen molar-refractivity contribution < 1.29 is 0 Å². The molecule has 0 amide bonds. The van der Waals surface area contributed by atoms with Gasteiger partial charge in [-0.3, -0.25) is 4.90 Å². The van der Waals surface area contributed by atoms with Crippen LogP contribution in [-0.4, -0.2) is 37.3 Å². The van der Waals surface area contributed by atoms with Crippen molar-refractivity contribution in [1.82, 2.24) is 10.2 Å². The molecular weight excluding hydrogens is 311 g/mol. The van der Waals surface area contributed by atoms with E-state index in [0.29, 0.717) is 6.04 Å². The fourth-order valence-corrected chi connectivity index (χ4v) is 3.36. The normalized spacial score (nSPS) is 20.6. The molecule has 2 fully saturated rings. The zero-order chi connectivity index (χ0) is 12.4. The van der Waals surface area contributed by atoms with Crippen LogP contribution >= 0.6 is 36.6 Å². The van der Waals surface area contributed by atoms with E-state index in [0.717, 1.165) is 19.0 Å². The lowest BCUT2D eigenvalue weighted by molar-refractivity contribution is 0.156. The van der Waals surface area contributed by atoms with Crippen LogP contribution in [-0.2, 0) is 0 Å². The van der Waals surface area contributed by atoms with Gasteiger partial charge in [-0.1, -0.05) is 12.1 Å². The highest BCUT2D eigenvalue weighted by Crippen LogP contribution is 2.44. The van der Waals surface area contributed by atoms with Gasteiger partial charge in [0.2, 0.25) is 0 Å². The lowest BCUT2D eigenvalue weighted by atomic mass is 10.00. The van der Waals surface area contributed by atoms with Crippen molar-refractivity contribution in [2.45, 2.75) is 23.8 Å². The molecule has 0 aromatic heterocycles. The maximum atomic E-state index is 3.45.